The molecule has 0 aromatic carbocycles. The number of hydrogen-bond donors (Lipinski definition) is 0. The zero-order valence-corrected chi connectivity index (χ0v) is 12.5. The summed E-state index contributed by atoms with van der Waals surface area (Å²) in [5.74, 6) is -3.20. The molecular formula is C8H13BF3KO2. The predicted octanol–water partition coefficient (Wildman–Crippen LogP) is -0.573. The van der Waals surface area contributed by atoms with Gasteiger partial charge in [0.15, 0.2) is 0 Å². The number of carbonyl (C=O) groups is 1. The van der Waals surface area contributed by atoms with Crippen LogP contribution in [0.4, 0.5) is 12.9 Å². The first-order chi connectivity index (χ1) is 6.23. The Bertz CT molecular complexity index is 255. The topological polar surface area (TPSA) is 26.3 Å². The molecule has 7 heteroatoms. The number of ether oxygens (including phenoxy) is 1. The van der Waals surface area contributed by atoms with Gasteiger partial charge >= 0.3 is 64.3 Å². The number of halogens is 3. The maximum Gasteiger partial charge on any atom is 1.00 e. The predicted molar refractivity (Wildman–Crippen MR) is 46.7 cm³/mol. The van der Waals surface area contributed by atoms with Crippen LogP contribution in [0.3, 0.4) is 0 Å². The molecule has 2 nitrogen and oxygen atoms in total. The fourth-order valence-electron chi connectivity index (χ4n) is 2.07. The average molecular weight is 248 g/mol. The summed E-state index contributed by atoms with van der Waals surface area (Å²) in [4.78, 5) is 11.2. The average Bonchev–Trinajstić information content (AvgIpc) is 2.53. The molecule has 0 heterocycles. The Morgan fingerprint density at radius 3 is 2.13 bits per heavy atom. The zero-order chi connectivity index (χ0) is 11.1. The molecule has 0 bridgehead atoms. The third-order valence-corrected chi connectivity index (χ3v) is 2.86. The monoisotopic (exact) mass is 248 g/mol. The summed E-state index contributed by atoms with van der Waals surface area (Å²) < 4.78 is 41.9. The van der Waals surface area contributed by atoms with Gasteiger partial charge in [-0.2, -0.15) is 0 Å². The molecule has 82 valence electrons. The van der Waals surface area contributed by atoms with E-state index < -0.39 is 30.1 Å². The Kier molecular flexibility index (Phi) is 5.40. The minimum absolute atomic E-state index is 0. The van der Waals surface area contributed by atoms with Crippen molar-refractivity contribution in [3.8, 4) is 0 Å². The molecule has 2 atom stereocenters. The maximum atomic E-state index is 12.4. The number of esters is 1. The largest absolute Gasteiger partial charge is 1.00 e. The third kappa shape index (κ3) is 3.21. The minimum Gasteiger partial charge on any atom is -0.466 e. The molecule has 2 unspecified atom stereocenters. The molecule has 0 N–H and O–H groups in total. The van der Waals surface area contributed by atoms with Crippen molar-refractivity contribution in [1.82, 2.24) is 0 Å². The zero-order valence-electron chi connectivity index (χ0n) is 9.39. The van der Waals surface area contributed by atoms with Crippen LogP contribution in [0.15, 0.2) is 0 Å². The van der Waals surface area contributed by atoms with Crippen LogP contribution in [-0.2, 0) is 9.53 Å². The van der Waals surface area contributed by atoms with Crippen molar-refractivity contribution >= 4 is 12.9 Å². The number of rotatable bonds is 3. The van der Waals surface area contributed by atoms with Crippen LogP contribution in [0, 0.1) is 11.3 Å². The van der Waals surface area contributed by atoms with Gasteiger partial charge in [-0.1, -0.05) is 19.7 Å². The van der Waals surface area contributed by atoms with Crippen molar-refractivity contribution in [2.75, 3.05) is 6.61 Å². The first-order valence-corrected chi connectivity index (χ1v) is 4.59. The van der Waals surface area contributed by atoms with Crippen LogP contribution < -0.4 is 51.4 Å². The second kappa shape index (κ2) is 5.08. The Morgan fingerprint density at radius 2 is 1.87 bits per heavy atom. The summed E-state index contributed by atoms with van der Waals surface area (Å²) >= 11 is 0. The summed E-state index contributed by atoms with van der Waals surface area (Å²) in [6.07, 6.45) is 0. The first-order valence-electron chi connectivity index (χ1n) is 4.59. The van der Waals surface area contributed by atoms with Gasteiger partial charge in [0.25, 0.3) is 0 Å². The van der Waals surface area contributed by atoms with Gasteiger partial charge in [0.2, 0.25) is 0 Å². The molecule has 1 saturated carbocycles. The fourth-order valence-corrected chi connectivity index (χ4v) is 2.07. The molecular weight excluding hydrogens is 235 g/mol. The summed E-state index contributed by atoms with van der Waals surface area (Å²) in [6.45, 7) is -0.321. The molecule has 1 rings (SSSR count). The third-order valence-electron chi connectivity index (χ3n) is 2.86. The van der Waals surface area contributed by atoms with E-state index in [-0.39, 0.29) is 58.0 Å². The second-order valence-corrected chi connectivity index (χ2v) is 4.20. The standard InChI is InChI=1S/C8H13BF3O2.K/c1-4-14-7(13)5-6(8(5,2)3)9(10,11)12;/h5-6H,4H2,1-3H3;/q-1;+1. The van der Waals surface area contributed by atoms with Gasteiger partial charge in [-0.3, -0.25) is 4.79 Å². The van der Waals surface area contributed by atoms with Crippen LogP contribution >= 0.6 is 0 Å². The summed E-state index contributed by atoms with van der Waals surface area (Å²) in [6, 6.07) is 0. The number of carbonyl (C=O) groups excluding carboxylic acids is 1. The van der Waals surface area contributed by atoms with Crippen molar-refractivity contribution in [2.45, 2.75) is 26.6 Å². The van der Waals surface area contributed by atoms with E-state index in [4.69, 9.17) is 0 Å². The van der Waals surface area contributed by atoms with Gasteiger partial charge in [-0.25, -0.2) is 0 Å². The van der Waals surface area contributed by atoms with Gasteiger partial charge in [-0.05, 0) is 12.3 Å². The van der Waals surface area contributed by atoms with Gasteiger partial charge in [0.1, 0.15) is 0 Å². The fraction of sp³-hybridized carbons (Fsp3) is 0.875. The molecule has 0 radical (unpaired) electrons. The van der Waals surface area contributed by atoms with Crippen molar-refractivity contribution in [3.63, 3.8) is 0 Å². The van der Waals surface area contributed by atoms with Crippen molar-refractivity contribution in [2.24, 2.45) is 11.3 Å². The Morgan fingerprint density at radius 1 is 1.40 bits per heavy atom. The van der Waals surface area contributed by atoms with E-state index >= 15 is 0 Å². The molecule has 0 amide bonds. The second-order valence-electron chi connectivity index (χ2n) is 4.20. The summed E-state index contributed by atoms with van der Waals surface area (Å²) in [5.41, 5.74) is -0.982. The van der Waals surface area contributed by atoms with E-state index in [9.17, 15) is 17.7 Å². The van der Waals surface area contributed by atoms with Crippen molar-refractivity contribution in [1.29, 1.82) is 0 Å². The SMILES string of the molecule is CCOC(=O)C1C([B-](F)(F)F)C1(C)C.[K+]. The molecule has 0 saturated heterocycles. The molecule has 1 fully saturated rings. The smallest absolute Gasteiger partial charge is 0.466 e. The van der Waals surface area contributed by atoms with E-state index in [1.165, 1.54) is 13.8 Å². The maximum absolute atomic E-state index is 12.4. The van der Waals surface area contributed by atoms with Gasteiger partial charge in [0.05, 0.1) is 6.61 Å². The van der Waals surface area contributed by atoms with Crippen LogP contribution in [-0.4, -0.2) is 19.6 Å². The van der Waals surface area contributed by atoms with Gasteiger partial charge in [-0.15, -0.1) is 0 Å². The van der Waals surface area contributed by atoms with Gasteiger partial charge in [0, 0.05) is 5.92 Å². The van der Waals surface area contributed by atoms with E-state index in [0.29, 0.717) is 0 Å². The van der Waals surface area contributed by atoms with Gasteiger partial charge < -0.3 is 17.7 Å². The van der Waals surface area contributed by atoms with Crippen molar-refractivity contribution in [3.05, 3.63) is 0 Å². The Hall–Kier alpha value is 0.961. The first kappa shape index (κ1) is 16.0. The van der Waals surface area contributed by atoms with Crippen LogP contribution in [0.25, 0.3) is 0 Å². The molecule has 0 aromatic rings. The normalized spacial score (nSPS) is 27.9. The molecule has 1 aliphatic rings. The van der Waals surface area contributed by atoms with E-state index in [1.54, 1.807) is 6.92 Å². The Balaban J connectivity index is 0.00000196. The molecule has 0 aromatic heterocycles. The Labute approximate surface area is 130 Å². The minimum atomic E-state index is -4.94. The van der Waals surface area contributed by atoms with Crippen LogP contribution in [0.1, 0.15) is 20.8 Å². The van der Waals surface area contributed by atoms with E-state index in [2.05, 4.69) is 4.74 Å². The van der Waals surface area contributed by atoms with E-state index in [1.807, 2.05) is 0 Å². The molecule has 1 aliphatic carbocycles. The summed E-state index contributed by atoms with van der Waals surface area (Å²) in [5, 5.41) is 0. The number of hydrogen-bond acceptors (Lipinski definition) is 2. The molecule has 15 heavy (non-hydrogen) atoms. The quantitative estimate of drug-likeness (QED) is 0.493. The summed E-state index contributed by atoms with van der Waals surface area (Å²) in [7, 11) is 0. The van der Waals surface area contributed by atoms with Crippen molar-refractivity contribution < 1.29 is 73.9 Å². The molecule has 0 spiro atoms. The van der Waals surface area contributed by atoms with E-state index in [0.717, 1.165) is 0 Å². The van der Waals surface area contributed by atoms with Crippen LogP contribution in [0.2, 0.25) is 5.82 Å². The molecule has 0 aliphatic heterocycles. The van der Waals surface area contributed by atoms with Crippen LogP contribution in [0.5, 0.6) is 0 Å².